The highest BCUT2D eigenvalue weighted by atomic mass is 16.6. The SMILES string of the molecule is Cc1ccc(Nc2cc3ncn(-c4ccc(C(C)O)c(-n5nc(C#N)cc5C)n4)c3cc2OC2CCCN2C(=O)OC(C)(C)C)nn1. The average molecular weight is 637 g/mol. The molecule has 0 bridgehead atoms. The fourth-order valence-corrected chi connectivity index (χ4v) is 5.37. The number of amides is 1. The Morgan fingerprint density at radius 3 is 2.64 bits per heavy atom. The van der Waals surface area contributed by atoms with E-state index in [-0.39, 0.29) is 5.69 Å². The Bertz CT molecular complexity index is 1990. The number of nitrogens with one attached hydrogen (secondary N) is 1. The maximum absolute atomic E-state index is 13.1. The van der Waals surface area contributed by atoms with Gasteiger partial charge in [-0.1, -0.05) is 0 Å². The van der Waals surface area contributed by atoms with Crippen LogP contribution in [0.3, 0.4) is 0 Å². The van der Waals surface area contributed by atoms with Crippen LogP contribution in [0.15, 0.2) is 48.8 Å². The third-order valence-electron chi connectivity index (χ3n) is 7.59. The summed E-state index contributed by atoms with van der Waals surface area (Å²) in [7, 11) is 0. The summed E-state index contributed by atoms with van der Waals surface area (Å²) in [6.07, 6.45) is 1.21. The van der Waals surface area contributed by atoms with Gasteiger partial charge in [-0.15, -0.1) is 5.10 Å². The van der Waals surface area contributed by atoms with Gasteiger partial charge in [-0.2, -0.15) is 15.5 Å². The second kappa shape index (κ2) is 12.3. The Kier molecular flexibility index (Phi) is 8.25. The lowest BCUT2D eigenvalue weighted by Gasteiger charge is -2.29. The number of aromatic nitrogens is 7. The van der Waals surface area contributed by atoms with Crippen molar-refractivity contribution in [1.82, 2.24) is 39.4 Å². The van der Waals surface area contributed by atoms with E-state index < -0.39 is 24.0 Å². The molecule has 242 valence electrons. The number of aliphatic hydroxyl groups excluding tert-OH is 1. The largest absolute Gasteiger partial charge is 0.468 e. The number of nitrogens with zero attached hydrogens (tertiary/aromatic N) is 9. The normalized spacial score (nSPS) is 15.4. The smallest absolute Gasteiger partial charge is 0.413 e. The van der Waals surface area contributed by atoms with Crippen LogP contribution in [0.5, 0.6) is 5.75 Å². The maximum Gasteiger partial charge on any atom is 0.413 e. The van der Waals surface area contributed by atoms with Crippen molar-refractivity contribution >= 4 is 28.6 Å². The fraction of sp³-hybridized carbons (Fsp3) is 0.364. The number of likely N-dealkylation sites (tertiary alicyclic amines) is 1. The zero-order chi connectivity index (χ0) is 33.5. The number of rotatable bonds is 7. The van der Waals surface area contributed by atoms with E-state index in [9.17, 15) is 15.2 Å². The van der Waals surface area contributed by atoms with Gasteiger partial charge in [-0.05, 0) is 84.4 Å². The number of nitriles is 1. The lowest BCUT2D eigenvalue weighted by atomic mass is 10.1. The Morgan fingerprint density at radius 2 is 1.96 bits per heavy atom. The molecule has 0 aliphatic carbocycles. The van der Waals surface area contributed by atoms with E-state index in [1.165, 1.54) is 0 Å². The van der Waals surface area contributed by atoms with Crippen molar-refractivity contribution in [1.29, 1.82) is 5.26 Å². The minimum Gasteiger partial charge on any atom is -0.468 e. The van der Waals surface area contributed by atoms with Gasteiger partial charge < -0.3 is 19.9 Å². The molecule has 47 heavy (non-hydrogen) atoms. The molecule has 4 aromatic heterocycles. The summed E-state index contributed by atoms with van der Waals surface area (Å²) in [6.45, 7) is 11.3. The Labute approximate surface area is 271 Å². The van der Waals surface area contributed by atoms with Gasteiger partial charge in [-0.25, -0.2) is 19.4 Å². The van der Waals surface area contributed by atoms with Gasteiger partial charge in [0, 0.05) is 30.3 Å². The summed E-state index contributed by atoms with van der Waals surface area (Å²) in [5.41, 5.74) is 3.53. The van der Waals surface area contributed by atoms with Crippen LogP contribution in [-0.2, 0) is 4.74 Å². The van der Waals surface area contributed by atoms with Crippen molar-refractivity contribution in [2.75, 3.05) is 11.9 Å². The van der Waals surface area contributed by atoms with E-state index in [4.69, 9.17) is 14.5 Å². The number of hydrogen-bond acceptors (Lipinski definition) is 11. The standard InChI is InChI=1S/C33H36N10O4/c1-19-9-11-28(39-38-19)36-25-15-24-26(16-27(25)46-30-8-7-13-41(30)32(45)47-33(4,5)6)42(18-35-24)29-12-10-23(21(3)44)31(37-29)43-20(2)14-22(17-34)40-43/h9-12,14-16,18,21,30,44H,7-8,13H2,1-6H3,(H,36,39). The van der Waals surface area contributed by atoms with Crippen molar-refractivity contribution in [3.8, 4) is 23.5 Å². The molecule has 2 N–H and O–H groups in total. The number of carbonyl (C=O) groups excluding carboxylic acids is 1. The topological polar surface area (TPSA) is 169 Å². The number of aryl methyl sites for hydroxylation is 2. The summed E-state index contributed by atoms with van der Waals surface area (Å²) < 4.78 is 15.6. The van der Waals surface area contributed by atoms with E-state index in [1.807, 2.05) is 58.9 Å². The summed E-state index contributed by atoms with van der Waals surface area (Å²) >= 11 is 0. The van der Waals surface area contributed by atoms with Gasteiger partial charge in [-0.3, -0.25) is 9.47 Å². The molecule has 6 rings (SSSR count). The highest BCUT2D eigenvalue weighted by Crippen LogP contribution is 2.36. The van der Waals surface area contributed by atoms with Crippen LogP contribution in [0.1, 0.15) is 69.3 Å². The highest BCUT2D eigenvalue weighted by Gasteiger charge is 2.34. The Hall–Kier alpha value is -5.55. The number of anilines is 2. The fourth-order valence-electron chi connectivity index (χ4n) is 5.37. The minimum absolute atomic E-state index is 0.242. The molecule has 5 heterocycles. The van der Waals surface area contributed by atoms with Crippen LogP contribution >= 0.6 is 0 Å². The third-order valence-corrected chi connectivity index (χ3v) is 7.59. The summed E-state index contributed by atoms with van der Waals surface area (Å²) in [5.74, 6) is 1.88. The van der Waals surface area contributed by atoms with Crippen molar-refractivity contribution in [3.63, 3.8) is 0 Å². The Balaban J connectivity index is 1.43. The van der Waals surface area contributed by atoms with E-state index in [0.29, 0.717) is 64.1 Å². The predicted octanol–water partition coefficient (Wildman–Crippen LogP) is 5.42. The molecule has 1 amide bonds. The molecule has 2 atom stereocenters. The number of pyridine rings is 1. The van der Waals surface area contributed by atoms with E-state index in [2.05, 4.69) is 31.7 Å². The summed E-state index contributed by atoms with van der Waals surface area (Å²) in [4.78, 5) is 24.2. The second-order valence-electron chi connectivity index (χ2n) is 12.5. The first-order valence-electron chi connectivity index (χ1n) is 15.3. The lowest BCUT2D eigenvalue weighted by molar-refractivity contribution is -0.00490. The first kappa shape index (κ1) is 31.4. The molecular formula is C33H36N10O4. The third kappa shape index (κ3) is 6.56. The van der Waals surface area contributed by atoms with Crippen LogP contribution in [0.25, 0.3) is 22.7 Å². The molecule has 1 aromatic carbocycles. The molecule has 1 aliphatic heterocycles. The van der Waals surface area contributed by atoms with Crippen LogP contribution in [0.2, 0.25) is 0 Å². The highest BCUT2D eigenvalue weighted by molar-refractivity contribution is 5.86. The van der Waals surface area contributed by atoms with Crippen LogP contribution < -0.4 is 10.1 Å². The minimum atomic E-state index is -0.835. The van der Waals surface area contributed by atoms with Crippen molar-refractivity contribution in [2.45, 2.75) is 72.3 Å². The van der Waals surface area contributed by atoms with Crippen molar-refractivity contribution < 1.29 is 19.4 Å². The van der Waals surface area contributed by atoms with Gasteiger partial charge in [0.25, 0.3) is 0 Å². The van der Waals surface area contributed by atoms with Crippen molar-refractivity contribution in [3.05, 3.63) is 71.4 Å². The number of aliphatic hydroxyl groups is 1. The zero-order valence-corrected chi connectivity index (χ0v) is 27.1. The number of carbonyl (C=O) groups is 1. The first-order chi connectivity index (χ1) is 22.4. The number of benzene rings is 1. The number of ether oxygens (including phenoxy) is 2. The first-order valence-corrected chi connectivity index (χ1v) is 15.3. The molecule has 14 nitrogen and oxygen atoms in total. The maximum atomic E-state index is 13.1. The molecule has 14 heteroatoms. The van der Waals surface area contributed by atoms with Crippen molar-refractivity contribution in [2.24, 2.45) is 0 Å². The summed E-state index contributed by atoms with van der Waals surface area (Å²) in [5, 5.41) is 36.0. The molecule has 1 aliphatic rings. The lowest BCUT2D eigenvalue weighted by Crippen LogP contribution is -2.42. The van der Waals surface area contributed by atoms with Crippen LogP contribution in [-0.4, -0.2) is 69.0 Å². The molecule has 0 saturated carbocycles. The molecule has 0 spiro atoms. The van der Waals surface area contributed by atoms with Gasteiger partial charge in [0.15, 0.2) is 23.6 Å². The quantitative estimate of drug-likeness (QED) is 0.234. The molecule has 2 unspecified atom stereocenters. The molecule has 1 saturated heterocycles. The van der Waals surface area contributed by atoms with Gasteiger partial charge in [0.05, 0.1) is 28.5 Å². The van der Waals surface area contributed by atoms with Gasteiger partial charge in [0.1, 0.15) is 29.6 Å². The number of imidazole rings is 1. The number of fused-ring (bicyclic) bond motifs is 1. The molecule has 1 fully saturated rings. The zero-order valence-electron chi connectivity index (χ0n) is 27.1. The molecular weight excluding hydrogens is 600 g/mol. The predicted molar refractivity (Wildman–Crippen MR) is 173 cm³/mol. The molecule has 5 aromatic rings. The monoisotopic (exact) mass is 636 g/mol. The van der Waals surface area contributed by atoms with E-state index in [1.54, 1.807) is 45.6 Å². The van der Waals surface area contributed by atoms with E-state index in [0.717, 1.165) is 12.1 Å². The van der Waals surface area contributed by atoms with Gasteiger partial charge in [0.2, 0.25) is 0 Å². The van der Waals surface area contributed by atoms with E-state index >= 15 is 0 Å². The number of hydrogen-bond donors (Lipinski definition) is 2. The van der Waals surface area contributed by atoms with Gasteiger partial charge >= 0.3 is 6.09 Å². The van der Waals surface area contributed by atoms with Crippen LogP contribution in [0, 0.1) is 25.2 Å². The van der Waals surface area contributed by atoms with Crippen LogP contribution in [0.4, 0.5) is 16.3 Å². The second-order valence-corrected chi connectivity index (χ2v) is 12.5. The summed E-state index contributed by atoms with van der Waals surface area (Å²) in [6, 6.07) is 14.6. The molecule has 0 radical (unpaired) electrons. The Morgan fingerprint density at radius 1 is 1.15 bits per heavy atom. The average Bonchev–Trinajstić information content (AvgIpc) is 3.75.